The Morgan fingerprint density at radius 3 is 2.42 bits per heavy atom. The van der Waals surface area contributed by atoms with Crippen molar-refractivity contribution in [2.45, 2.75) is 57.7 Å². The lowest BCUT2D eigenvalue weighted by Crippen LogP contribution is -2.22. The summed E-state index contributed by atoms with van der Waals surface area (Å²) in [5, 5.41) is 8.11. The highest BCUT2D eigenvalue weighted by Crippen LogP contribution is 2.21. The maximum absolute atomic E-state index is 10.9. The summed E-state index contributed by atoms with van der Waals surface area (Å²) >= 11 is 5.88. The SMILES string of the molecule is CCCCCc1cnc(-c2ccc(CCC(C)C(Cl)C(=O)O)cc2)cn1. The number of unbranched alkanes of at least 4 members (excludes halogenated alkanes) is 2. The van der Waals surface area contributed by atoms with E-state index in [4.69, 9.17) is 16.7 Å². The average molecular weight is 375 g/mol. The van der Waals surface area contributed by atoms with Gasteiger partial charge in [0.15, 0.2) is 0 Å². The number of hydrogen-bond donors (Lipinski definition) is 1. The lowest BCUT2D eigenvalue weighted by Gasteiger charge is -2.14. The summed E-state index contributed by atoms with van der Waals surface area (Å²) in [6.45, 7) is 4.07. The molecule has 0 aliphatic rings. The third-order valence-corrected chi connectivity index (χ3v) is 5.23. The van der Waals surface area contributed by atoms with Crippen LogP contribution in [0.2, 0.25) is 0 Å². The van der Waals surface area contributed by atoms with Gasteiger partial charge in [0.2, 0.25) is 0 Å². The number of rotatable bonds is 10. The fourth-order valence-corrected chi connectivity index (χ4v) is 2.94. The maximum atomic E-state index is 10.9. The predicted molar refractivity (Wildman–Crippen MR) is 105 cm³/mol. The number of halogens is 1. The van der Waals surface area contributed by atoms with Crippen LogP contribution in [0.5, 0.6) is 0 Å². The van der Waals surface area contributed by atoms with Crippen LogP contribution in [0.25, 0.3) is 11.3 Å². The molecule has 0 aliphatic carbocycles. The summed E-state index contributed by atoms with van der Waals surface area (Å²) in [7, 11) is 0. The first-order chi connectivity index (χ1) is 12.5. The topological polar surface area (TPSA) is 63.1 Å². The van der Waals surface area contributed by atoms with Gasteiger partial charge in [-0.3, -0.25) is 14.8 Å². The number of benzene rings is 1. The summed E-state index contributed by atoms with van der Waals surface area (Å²) < 4.78 is 0. The number of aryl methyl sites for hydroxylation is 2. The molecule has 2 rings (SSSR count). The van der Waals surface area contributed by atoms with E-state index in [1.807, 2.05) is 31.5 Å². The molecule has 1 aromatic heterocycles. The van der Waals surface area contributed by atoms with Crippen LogP contribution in [0.1, 0.15) is 50.8 Å². The minimum absolute atomic E-state index is 0.0695. The monoisotopic (exact) mass is 374 g/mol. The number of carbonyl (C=O) groups is 1. The van der Waals surface area contributed by atoms with Crippen LogP contribution < -0.4 is 0 Å². The molecular formula is C21H27ClN2O2. The molecule has 0 radical (unpaired) electrons. The first-order valence-electron chi connectivity index (χ1n) is 9.28. The highest BCUT2D eigenvalue weighted by molar-refractivity contribution is 6.29. The van der Waals surface area contributed by atoms with Gasteiger partial charge >= 0.3 is 5.97 Å². The van der Waals surface area contributed by atoms with Gasteiger partial charge in [-0.25, -0.2) is 0 Å². The van der Waals surface area contributed by atoms with Gasteiger partial charge in [-0.2, -0.15) is 0 Å². The van der Waals surface area contributed by atoms with Crippen molar-refractivity contribution >= 4 is 17.6 Å². The molecule has 0 fully saturated rings. The summed E-state index contributed by atoms with van der Waals surface area (Å²) in [5.41, 5.74) is 4.12. The van der Waals surface area contributed by atoms with Crippen LogP contribution in [0.4, 0.5) is 0 Å². The van der Waals surface area contributed by atoms with Gasteiger partial charge in [0.05, 0.1) is 17.6 Å². The van der Waals surface area contributed by atoms with Gasteiger partial charge in [0, 0.05) is 11.8 Å². The Morgan fingerprint density at radius 2 is 1.85 bits per heavy atom. The second-order valence-electron chi connectivity index (χ2n) is 6.80. The summed E-state index contributed by atoms with van der Waals surface area (Å²) in [6, 6.07) is 8.19. The van der Waals surface area contributed by atoms with Crippen molar-refractivity contribution in [1.82, 2.24) is 9.97 Å². The Morgan fingerprint density at radius 1 is 1.12 bits per heavy atom. The molecule has 4 nitrogen and oxygen atoms in total. The Bertz CT molecular complexity index is 686. The number of carboxylic acid groups (broad SMARTS) is 1. The van der Waals surface area contributed by atoms with Crippen LogP contribution in [-0.2, 0) is 17.6 Å². The van der Waals surface area contributed by atoms with Gasteiger partial charge in [-0.05, 0) is 37.2 Å². The molecule has 0 saturated heterocycles. The lowest BCUT2D eigenvalue weighted by atomic mass is 9.97. The van der Waals surface area contributed by atoms with Crippen LogP contribution in [-0.4, -0.2) is 26.4 Å². The second-order valence-corrected chi connectivity index (χ2v) is 7.27. The summed E-state index contributed by atoms with van der Waals surface area (Å²) in [4.78, 5) is 19.9. The zero-order chi connectivity index (χ0) is 18.9. The molecule has 26 heavy (non-hydrogen) atoms. The largest absolute Gasteiger partial charge is 0.480 e. The predicted octanol–water partition coefficient (Wildman–Crippen LogP) is 5.14. The van der Waals surface area contributed by atoms with Crippen molar-refractivity contribution in [1.29, 1.82) is 0 Å². The quantitative estimate of drug-likeness (QED) is 0.462. The van der Waals surface area contributed by atoms with E-state index in [2.05, 4.69) is 29.0 Å². The fourth-order valence-electron chi connectivity index (χ4n) is 2.82. The van der Waals surface area contributed by atoms with Gasteiger partial charge < -0.3 is 5.11 Å². The molecule has 2 atom stereocenters. The van der Waals surface area contributed by atoms with Crippen molar-refractivity contribution in [3.63, 3.8) is 0 Å². The average Bonchev–Trinajstić information content (AvgIpc) is 2.66. The third-order valence-electron chi connectivity index (χ3n) is 4.62. The van der Waals surface area contributed by atoms with Crippen molar-refractivity contribution in [3.05, 3.63) is 47.9 Å². The first kappa shape index (κ1) is 20.4. The standard InChI is InChI=1S/C21H27ClN2O2/c1-3-4-5-6-18-13-24-19(14-23-18)17-11-9-16(10-12-17)8-7-15(2)20(22)21(25)26/h9-15,20H,3-8H2,1-2H3,(H,25,26). The van der Waals surface area contributed by atoms with E-state index in [0.29, 0.717) is 0 Å². The molecule has 5 heteroatoms. The number of carboxylic acids is 1. The molecule has 2 unspecified atom stereocenters. The molecule has 0 saturated carbocycles. The van der Waals surface area contributed by atoms with Crippen molar-refractivity contribution < 1.29 is 9.90 Å². The number of nitrogens with zero attached hydrogens (tertiary/aromatic N) is 2. The number of alkyl halides is 1. The van der Waals surface area contributed by atoms with E-state index in [1.165, 1.54) is 18.4 Å². The molecule has 0 bridgehead atoms. The molecule has 140 valence electrons. The van der Waals surface area contributed by atoms with Gasteiger partial charge in [-0.1, -0.05) is 51.0 Å². The maximum Gasteiger partial charge on any atom is 0.321 e. The van der Waals surface area contributed by atoms with Crippen LogP contribution >= 0.6 is 11.6 Å². The van der Waals surface area contributed by atoms with Crippen LogP contribution in [0, 0.1) is 5.92 Å². The van der Waals surface area contributed by atoms with Gasteiger partial charge in [0.25, 0.3) is 0 Å². The third kappa shape index (κ3) is 6.10. The highest BCUT2D eigenvalue weighted by atomic mass is 35.5. The molecule has 1 N–H and O–H groups in total. The van der Waals surface area contributed by atoms with Crippen molar-refractivity contribution in [2.75, 3.05) is 0 Å². The Balaban J connectivity index is 1.91. The van der Waals surface area contributed by atoms with E-state index >= 15 is 0 Å². The number of aromatic nitrogens is 2. The van der Waals surface area contributed by atoms with Crippen molar-refractivity contribution in [3.8, 4) is 11.3 Å². The Kier molecular flexibility index (Phi) is 8.05. The minimum Gasteiger partial charge on any atom is -0.480 e. The summed E-state index contributed by atoms with van der Waals surface area (Å²) in [5.74, 6) is -1.02. The van der Waals surface area contributed by atoms with Crippen LogP contribution in [0.3, 0.4) is 0 Å². The van der Waals surface area contributed by atoms with E-state index in [-0.39, 0.29) is 5.92 Å². The molecule has 0 aliphatic heterocycles. The number of aliphatic carboxylic acids is 1. The molecule has 0 amide bonds. The molecular weight excluding hydrogens is 348 g/mol. The van der Waals surface area contributed by atoms with E-state index in [9.17, 15) is 4.79 Å². The fraction of sp³-hybridized carbons (Fsp3) is 0.476. The van der Waals surface area contributed by atoms with Gasteiger partial charge in [-0.15, -0.1) is 11.6 Å². The first-order valence-corrected chi connectivity index (χ1v) is 9.72. The normalized spacial score (nSPS) is 13.3. The van der Waals surface area contributed by atoms with Crippen LogP contribution in [0.15, 0.2) is 36.7 Å². The molecule has 1 heterocycles. The Hall–Kier alpha value is -1.94. The Labute approximate surface area is 160 Å². The second kappa shape index (κ2) is 10.3. The minimum atomic E-state index is -0.953. The zero-order valence-electron chi connectivity index (χ0n) is 15.5. The van der Waals surface area contributed by atoms with Crippen molar-refractivity contribution in [2.24, 2.45) is 5.92 Å². The highest BCUT2D eigenvalue weighted by Gasteiger charge is 2.21. The molecule has 1 aromatic carbocycles. The van der Waals surface area contributed by atoms with Gasteiger partial charge in [0.1, 0.15) is 5.38 Å². The van der Waals surface area contributed by atoms with E-state index < -0.39 is 11.3 Å². The van der Waals surface area contributed by atoms with E-state index in [0.717, 1.165) is 42.6 Å². The molecule has 2 aromatic rings. The van der Waals surface area contributed by atoms with E-state index in [1.54, 1.807) is 0 Å². The zero-order valence-corrected chi connectivity index (χ0v) is 16.2. The number of hydrogen-bond acceptors (Lipinski definition) is 3. The smallest absolute Gasteiger partial charge is 0.321 e. The summed E-state index contributed by atoms with van der Waals surface area (Å²) in [6.07, 6.45) is 9.82. The molecule has 0 spiro atoms. The lowest BCUT2D eigenvalue weighted by molar-refractivity contribution is -0.137.